The number of aromatic nitrogens is 1. The number of ether oxygens (including phenoxy) is 1. The highest BCUT2D eigenvalue weighted by Gasteiger charge is 2.25. The standard InChI is InChI=1S/C11H18N2OS/c1-8-13-9(7-15-8)6-10(12-2)11-4-3-5-14-11/h7,10-12H,3-6H2,1-2H3. The molecule has 84 valence electrons. The Morgan fingerprint density at radius 2 is 2.60 bits per heavy atom. The van der Waals surface area contributed by atoms with Gasteiger partial charge in [0.1, 0.15) is 0 Å². The number of hydrogen-bond donors (Lipinski definition) is 1. The summed E-state index contributed by atoms with van der Waals surface area (Å²) in [6.07, 6.45) is 3.72. The normalized spacial score (nSPS) is 23.2. The molecule has 1 aliphatic rings. The fourth-order valence-corrected chi connectivity index (χ4v) is 2.69. The van der Waals surface area contributed by atoms with Gasteiger partial charge in [0.05, 0.1) is 16.8 Å². The van der Waals surface area contributed by atoms with Crippen LogP contribution in [0.1, 0.15) is 23.5 Å². The van der Waals surface area contributed by atoms with Gasteiger partial charge < -0.3 is 10.1 Å². The van der Waals surface area contributed by atoms with E-state index in [0.717, 1.165) is 18.0 Å². The van der Waals surface area contributed by atoms with Gasteiger partial charge >= 0.3 is 0 Å². The predicted octanol–water partition coefficient (Wildman–Crippen LogP) is 1.76. The molecule has 0 saturated carbocycles. The van der Waals surface area contributed by atoms with E-state index in [1.54, 1.807) is 11.3 Å². The van der Waals surface area contributed by atoms with Gasteiger partial charge in [-0.05, 0) is 26.8 Å². The monoisotopic (exact) mass is 226 g/mol. The minimum Gasteiger partial charge on any atom is -0.377 e. The topological polar surface area (TPSA) is 34.2 Å². The van der Waals surface area contributed by atoms with Crippen LogP contribution < -0.4 is 5.32 Å². The van der Waals surface area contributed by atoms with Crippen LogP contribution in [0, 0.1) is 6.92 Å². The number of nitrogens with zero attached hydrogens (tertiary/aromatic N) is 1. The molecule has 3 nitrogen and oxygen atoms in total. The molecule has 4 heteroatoms. The van der Waals surface area contributed by atoms with E-state index in [0.29, 0.717) is 12.1 Å². The third kappa shape index (κ3) is 2.77. The first kappa shape index (κ1) is 11.0. The Hall–Kier alpha value is -0.450. The maximum Gasteiger partial charge on any atom is 0.0897 e. The molecule has 1 aliphatic heterocycles. The van der Waals surface area contributed by atoms with Crippen molar-refractivity contribution in [1.82, 2.24) is 10.3 Å². The van der Waals surface area contributed by atoms with E-state index < -0.39 is 0 Å². The van der Waals surface area contributed by atoms with Crippen LogP contribution in [-0.2, 0) is 11.2 Å². The van der Waals surface area contributed by atoms with Gasteiger partial charge in [-0.3, -0.25) is 0 Å². The molecule has 0 amide bonds. The zero-order chi connectivity index (χ0) is 10.7. The first-order valence-corrected chi connectivity index (χ1v) is 6.37. The minimum atomic E-state index is 0.372. The third-order valence-electron chi connectivity index (χ3n) is 2.88. The molecule has 0 aromatic carbocycles. The van der Waals surface area contributed by atoms with Crippen LogP contribution in [0.25, 0.3) is 0 Å². The van der Waals surface area contributed by atoms with Gasteiger partial charge in [-0.25, -0.2) is 4.98 Å². The summed E-state index contributed by atoms with van der Waals surface area (Å²) in [7, 11) is 2.01. The molecule has 2 heterocycles. The molecule has 0 aliphatic carbocycles. The van der Waals surface area contributed by atoms with Crippen molar-refractivity contribution in [2.45, 2.75) is 38.3 Å². The van der Waals surface area contributed by atoms with E-state index in [1.165, 1.54) is 18.5 Å². The molecule has 2 atom stereocenters. The molecule has 0 bridgehead atoms. The van der Waals surface area contributed by atoms with Crippen LogP contribution in [-0.4, -0.2) is 30.8 Å². The molecule has 0 spiro atoms. The third-order valence-corrected chi connectivity index (χ3v) is 3.70. The molecule has 1 N–H and O–H groups in total. The average molecular weight is 226 g/mol. The molecule has 1 aromatic rings. The van der Waals surface area contributed by atoms with Crippen LogP contribution in [0.3, 0.4) is 0 Å². The van der Waals surface area contributed by atoms with Crippen LogP contribution >= 0.6 is 11.3 Å². The van der Waals surface area contributed by atoms with E-state index in [4.69, 9.17) is 4.74 Å². The van der Waals surface area contributed by atoms with Gasteiger partial charge in [-0.15, -0.1) is 11.3 Å². The summed E-state index contributed by atoms with van der Waals surface area (Å²) in [5.74, 6) is 0. The second-order valence-electron chi connectivity index (χ2n) is 4.01. The minimum absolute atomic E-state index is 0.372. The Morgan fingerprint density at radius 1 is 1.73 bits per heavy atom. The molecule has 0 radical (unpaired) electrons. The Kier molecular flexibility index (Phi) is 3.72. The molecular weight excluding hydrogens is 208 g/mol. The number of nitrogens with one attached hydrogen (secondary N) is 1. The van der Waals surface area contributed by atoms with Crippen LogP contribution in [0.5, 0.6) is 0 Å². The number of hydrogen-bond acceptors (Lipinski definition) is 4. The van der Waals surface area contributed by atoms with Crippen LogP contribution in [0.2, 0.25) is 0 Å². The zero-order valence-corrected chi connectivity index (χ0v) is 10.1. The van der Waals surface area contributed by atoms with Crippen molar-refractivity contribution < 1.29 is 4.74 Å². The van der Waals surface area contributed by atoms with Gasteiger partial charge in [-0.1, -0.05) is 0 Å². The maximum absolute atomic E-state index is 5.70. The van der Waals surface area contributed by atoms with Crippen molar-refractivity contribution in [1.29, 1.82) is 0 Å². The lowest BCUT2D eigenvalue weighted by Crippen LogP contribution is -2.39. The summed E-state index contributed by atoms with van der Waals surface area (Å²) in [6, 6.07) is 0.411. The average Bonchev–Trinajstić information content (AvgIpc) is 2.85. The molecule has 1 saturated heterocycles. The summed E-state index contributed by atoms with van der Waals surface area (Å²) in [6.45, 7) is 2.97. The van der Waals surface area contributed by atoms with Crippen molar-refractivity contribution in [3.63, 3.8) is 0 Å². The number of thiazole rings is 1. The lowest BCUT2D eigenvalue weighted by molar-refractivity contribution is 0.0806. The smallest absolute Gasteiger partial charge is 0.0897 e. The van der Waals surface area contributed by atoms with Crippen molar-refractivity contribution >= 4 is 11.3 Å². The second kappa shape index (κ2) is 5.05. The second-order valence-corrected chi connectivity index (χ2v) is 5.07. The van der Waals surface area contributed by atoms with E-state index in [2.05, 4.69) is 22.6 Å². The van der Waals surface area contributed by atoms with Crippen molar-refractivity contribution in [2.75, 3.05) is 13.7 Å². The van der Waals surface area contributed by atoms with Crippen LogP contribution in [0.4, 0.5) is 0 Å². The zero-order valence-electron chi connectivity index (χ0n) is 9.32. The van der Waals surface area contributed by atoms with Crippen molar-refractivity contribution in [2.24, 2.45) is 0 Å². The summed E-state index contributed by atoms with van der Waals surface area (Å²) >= 11 is 1.72. The van der Waals surface area contributed by atoms with Gasteiger partial charge in [-0.2, -0.15) is 0 Å². The molecule has 1 aromatic heterocycles. The van der Waals surface area contributed by atoms with Crippen molar-refractivity contribution in [3.05, 3.63) is 16.1 Å². The lowest BCUT2D eigenvalue weighted by atomic mass is 10.0. The van der Waals surface area contributed by atoms with E-state index >= 15 is 0 Å². The highest BCUT2D eigenvalue weighted by Crippen LogP contribution is 2.19. The quantitative estimate of drug-likeness (QED) is 0.849. The highest BCUT2D eigenvalue weighted by atomic mass is 32.1. The van der Waals surface area contributed by atoms with E-state index in [1.807, 2.05) is 7.05 Å². The molecular formula is C11H18N2OS. The SMILES string of the molecule is CNC(Cc1csc(C)n1)C1CCCO1. The number of rotatable bonds is 4. The summed E-state index contributed by atoms with van der Waals surface area (Å²) in [5.41, 5.74) is 1.19. The Bertz CT molecular complexity index is 307. The summed E-state index contributed by atoms with van der Waals surface area (Å²) < 4.78 is 5.70. The van der Waals surface area contributed by atoms with Gasteiger partial charge in [0.15, 0.2) is 0 Å². The van der Waals surface area contributed by atoms with E-state index in [-0.39, 0.29) is 0 Å². The molecule has 2 rings (SSSR count). The molecule has 15 heavy (non-hydrogen) atoms. The van der Waals surface area contributed by atoms with Gasteiger partial charge in [0.2, 0.25) is 0 Å². The first-order chi connectivity index (χ1) is 7.29. The number of likely N-dealkylation sites (N-methyl/N-ethyl adjacent to an activating group) is 1. The summed E-state index contributed by atoms with van der Waals surface area (Å²) in [4.78, 5) is 4.49. The lowest BCUT2D eigenvalue weighted by Gasteiger charge is -2.21. The largest absolute Gasteiger partial charge is 0.377 e. The Labute approximate surface area is 94.9 Å². The Morgan fingerprint density at radius 3 is 3.13 bits per heavy atom. The molecule has 1 fully saturated rings. The van der Waals surface area contributed by atoms with Crippen LogP contribution in [0.15, 0.2) is 5.38 Å². The maximum atomic E-state index is 5.70. The Balaban J connectivity index is 1.95. The first-order valence-electron chi connectivity index (χ1n) is 5.49. The predicted molar refractivity (Wildman–Crippen MR) is 62.4 cm³/mol. The summed E-state index contributed by atoms with van der Waals surface area (Å²) in [5, 5.41) is 6.63. The van der Waals surface area contributed by atoms with Gasteiger partial charge in [0.25, 0.3) is 0 Å². The van der Waals surface area contributed by atoms with Crippen molar-refractivity contribution in [3.8, 4) is 0 Å². The fourth-order valence-electron chi connectivity index (χ4n) is 2.07. The van der Waals surface area contributed by atoms with Gasteiger partial charge in [0, 0.05) is 24.4 Å². The van der Waals surface area contributed by atoms with E-state index in [9.17, 15) is 0 Å². The fraction of sp³-hybridized carbons (Fsp3) is 0.727. The number of aryl methyl sites for hydroxylation is 1. The molecule has 2 unspecified atom stereocenters. The highest BCUT2D eigenvalue weighted by molar-refractivity contribution is 7.09.